The number of thiophene rings is 1. The van der Waals surface area contributed by atoms with Gasteiger partial charge in [-0.1, -0.05) is 59.6 Å². The molecule has 0 fully saturated rings. The second-order valence-corrected chi connectivity index (χ2v) is 8.96. The van der Waals surface area contributed by atoms with Gasteiger partial charge in [-0.2, -0.15) is 0 Å². The zero-order chi connectivity index (χ0) is 19.4. The van der Waals surface area contributed by atoms with Crippen LogP contribution in [0.2, 0.25) is 4.34 Å². The van der Waals surface area contributed by atoms with Gasteiger partial charge in [0, 0.05) is 5.56 Å². The number of hydrogen-bond donors (Lipinski definition) is 2. The minimum Gasteiger partial charge on any atom is -0.506 e. The van der Waals surface area contributed by atoms with Gasteiger partial charge in [-0.05, 0) is 48.4 Å². The SMILES string of the molecule is Cc1cccc(-c2c(O)c3c(-c4ccc5c(c4)CCC5)c(Cl)sc3[nH]c2=O)c1. The Morgan fingerprint density at radius 1 is 1.04 bits per heavy atom. The summed E-state index contributed by atoms with van der Waals surface area (Å²) in [5.74, 6) is -0.0111. The van der Waals surface area contributed by atoms with Gasteiger partial charge in [-0.15, -0.1) is 11.3 Å². The van der Waals surface area contributed by atoms with Crippen molar-refractivity contribution in [2.45, 2.75) is 26.2 Å². The van der Waals surface area contributed by atoms with E-state index in [2.05, 4.69) is 23.2 Å². The number of rotatable bonds is 2. The maximum atomic E-state index is 12.7. The second kappa shape index (κ2) is 6.50. The van der Waals surface area contributed by atoms with E-state index in [1.165, 1.54) is 28.9 Å². The first-order valence-corrected chi connectivity index (χ1v) is 10.5. The van der Waals surface area contributed by atoms with Gasteiger partial charge >= 0.3 is 0 Å². The van der Waals surface area contributed by atoms with E-state index in [-0.39, 0.29) is 16.9 Å². The number of aryl methyl sites for hydroxylation is 3. The fourth-order valence-electron chi connectivity index (χ4n) is 4.17. The van der Waals surface area contributed by atoms with Crippen LogP contribution in [0.15, 0.2) is 47.3 Å². The van der Waals surface area contributed by atoms with E-state index in [9.17, 15) is 9.90 Å². The van der Waals surface area contributed by atoms with E-state index in [4.69, 9.17) is 11.6 Å². The number of H-pyrrole nitrogens is 1. The molecule has 0 unspecified atom stereocenters. The van der Waals surface area contributed by atoms with E-state index in [0.717, 1.165) is 29.5 Å². The molecular formula is C23H18ClNO2S. The maximum absolute atomic E-state index is 12.7. The Hall–Kier alpha value is -2.56. The predicted molar refractivity (Wildman–Crippen MR) is 117 cm³/mol. The normalized spacial score (nSPS) is 13.2. The number of aromatic nitrogens is 1. The number of benzene rings is 2. The summed E-state index contributed by atoms with van der Waals surface area (Å²) in [5, 5.41) is 11.8. The minimum atomic E-state index is -0.311. The number of fused-ring (bicyclic) bond motifs is 2. The highest BCUT2D eigenvalue weighted by Gasteiger charge is 2.23. The number of hydrogen-bond acceptors (Lipinski definition) is 3. The number of nitrogens with one attached hydrogen (secondary N) is 1. The molecular weight excluding hydrogens is 390 g/mol. The smallest absolute Gasteiger partial charge is 0.260 e. The third kappa shape index (κ3) is 2.67. The van der Waals surface area contributed by atoms with Crippen LogP contribution in [0.1, 0.15) is 23.1 Å². The van der Waals surface area contributed by atoms with Gasteiger partial charge < -0.3 is 10.1 Å². The third-order valence-electron chi connectivity index (χ3n) is 5.49. The van der Waals surface area contributed by atoms with Crippen molar-refractivity contribution in [2.75, 3.05) is 0 Å². The minimum absolute atomic E-state index is 0.0111. The van der Waals surface area contributed by atoms with Crippen molar-refractivity contribution >= 4 is 33.2 Å². The molecule has 0 saturated heterocycles. The Balaban J connectivity index is 1.81. The molecule has 0 aliphatic heterocycles. The Labute approximate surface area is 171 Å². The highest BCUT2D eigenvalue weighted by Crippen LogP contribution is 2.47. The first-order valence-electron chi connectivity index (χ1n) is 9.29. The molecule has 0 radical (unpaired) electrons. The van der Waals surface area contributed by atoms with Crippen molar-refractivity contribution in [3.8, 4) is 28.0 Å². The molecule has 2 N–H and O–H groups in total. The molecule has 1 aliphatic rings. The molecule has 5 heteroatoms. The molecule has 1 aliphatic carbocycles. The van der Waals surface area contributed by atoms with Gasteiger partial charge in [0.2, 0.25) is 0 Å². The average molecular weight is 408 g/mol. The molecule has 0 saturated carbocycles. The van der Waals surface area contributed by atoms with E-state index >= 15 is 0 Å². The van der Waals surface area contributed by atoms with Crippen LogP contribution in [0.25, 0.3) is 32.5 Å². The monoisotopic (exact) mass is 407 g/mol. The van der Waals surface area contributed by atoms with Gasteiger partial charge in [0.1, 0.15) is 14.9 Å². The Morgan fingerprint density at radius 2 is 1.82 bits per heavy atom. The summed E-state index contributed by atoms with van der Waals surface area (Å²) in [5.41, 5.74) is 6.20. The highest BCUT2D eigenvalue weighted by molar-refractivity contribution is 7.23. The molecule has 5 rings (SSSR count). The lowest BCUT2D eigenvalue weighted by molar-refractivity contribution is 0.483. The largest absolute Gasteiger partial charge is 0.506 e. The first-order chi connectivity index (χ1) is 13.5. The molecule has 2 aromatic heterocycles. The van der Waals surface area contributed by atoms with E-state index in [1.807, 2.05) is 31.2 Å². The lowest BCUT2D eigenvalue weighted by atomic mass is 9.97. The van der Waals surface area contributed by atoms with Gasteiger partial charge in [0.05, 0.1) is 10.9 Å². The molecule has 2 aromatic carbocycles. The van der Waals surface area contributed by atoms with Crippen LogP contribution < -0.4 is 5.56 Å². The van der Waals surface area contributed by atoms with Crippen LogP contribution in [0.5, 0.6) is 5.75 Å². The van der Waals surface area contributed by atoms with E-state index in [1.54, 1.807) is 0 Å². The lowest BCUT2D eigenvalue weighted by Crippen LogP contribution is -2.08. The molecule has 2 heterocycles. The predicted octanol–water partition coefficient (Wildman–Crippen LogP) is 6.08. The molecule has 0 amide bonds. The fraction of sp³-hybridized carbons (Fsp3) is 0.174. The summed E-state index contributed by atoms with van der Waals surface area (Å²) in [6, 6.07) is 14.0. The number of aromatic hydroxyl groups is 1. The summed E-state index contributed by atoms with van der Waals surface area (Å²) >= 11 is 7.88. The topological polar surface area (TPSA) is 53.1 Å². The third-order valence-corrected chi connectivity index (χ3v) is 6.80. The van der Waals surface area contributed by atoms with Crippen LogP contribution in [0.3, 0.4) is 0 Å². The average Bonchev–Trinajstić information content (AvgIpc) is 3.24. The van der Waals surface area contributed by atoms with Crippen LogP contribution in [0.4, 0.5) is 0 Å². The van der Waals surface area contributed by atoms with Crippen molar-refractivity contribution in [3.63, 3.8) is 0 Å². The van der Waals surface area contributed by atoms with E-state index < -0.39 is 0 Å². The second-order valence-electron chi connectivity index (χ2n) is 7.34. The molecule has 0 bridgehead atoms. The van der Waals surface area contributed by atoms with Gasteiger partial charge in [-0.3, -0.25) is 4.79 Å². The van der Waals surface area contributed by atoms with Crippen molar-refractivity contribution in [3.05, 3.63) is 73.8 Å². The Morgan fingerprint density at radius 3 is 2.64 bits per heavy atom. The van der Waals surface area contributed by atoms with Crippen molar-refractivity contribution in [1.82, 2.24) is 4.98 Å². The summed E-state index contributed by atoms with van der Waals surface area (Å²) in [4.78, 5) is 16.2. The van der Waals surface area contributed by atoms with Crippen LogP contribution in [-0.2, 0) is 12.8 Å². The maximum Gasteiger partial charge on any atom is 0.260 e. The summed E-state index contributed by atoms with van der Waals surface area (Å²) in [7, 11) is 0. The molecule has 0 spiro atoms. The molecule has 140 valence electrons. The zero-order valence-electron chi connectivity index (χ0n) is 15.3. The van der Waals surface area contributed by atoms with Crippen molar-refractivity contribution < 1.29 is 5.11 Å². The quantitative estimate of drug-likeness (QED) is 0.423. The lowest BCUT2D eigenvalue weighted by Gasteiger charge is -2.09. The van der Waals surface area contributed by atoms with Crippen LogP contribution >= 0.6 is 22.9 Å². The van der Waals surface area contributed by atoms with Gasteiger partial charge in [0.25, 0.3) is 5.56 Å². The molecule has 3 nitrogen and oxygen atoms in total. The Kier molecular flexibility index (Phi) is 4.07. The van der Waals surface area contributed by atoms with Gasteiger partial charge in [-0.25, -0.2) is 0 Å². The van der Waals surface area contributed by atoms with Crippen molar-refractivity contribution in [1.29, 1.82) is 0 Å². The van der Waals surface area contributed by atoms with E-state index in [0.29, 0.717) is 20.1 Å². The summed E-state index contributed by atoms with van der Waals surface area (Å²) in [6.07, 6.45) is 3.36. The van der Waals surface area contributed by atoms with Crippen LogP contribution in [0, 0.1) is 6.92 Å². The summed E-state index contributed by atoms with van der Waals surface area (Å²) < 4.78 is 0.570. The highest BCUT2D eigenvalue weighted by atomic mass is 35.5. The number of halogens is 1. The van der Waals surface area contributed by atoms with Crippen molar-refractivity contribution in [2.24, 2.45) is 0 Å². The van der Waals surface area contributed by atoms with Gasteiger partial charge in [0.15, 0.2) is 0 Å². The fourth-order valence-corrected chi connectivity index (χ4v) is 5.55. The molecule has 0 atom stereocenters. The Bertz CT molecular complexity index is 1300. The zero-order valence-corrected chi connectivity index (χ0v) is 16.9. The number of aromatic amines is 1. The standard InChI is InChI=1S/C23H18ClNO2S/c1-12-4-2-7-15(10-12)18-20(26)19-17(21(24)28-23(19)25-22(18)27)16-9-8-13-5-3-6-14(13)11-16/h2,4,7-11H,3,5-6H2,1H3,(H2,25,26,27). The number of pyridine rings is 1. The molecule has 28 heavy (non-hydrogen) atoms. The summed E-state index contributed by atoms with van der Waals surface area (Å²) in [6.45, 7) is 1.96. The van der Waals surface area contributed by atoms with Crippen LogP contribution in [-0.4, -0.2) is 10.1 Å². The molecule has 4 aromatic rings. The first kappa shape index (κ1) is 17.5.